The highest BCUT2D eigenvalue weighted by molar-refractivity contribution is 7.73. The third-order valence-corrected chi connectivity index (χ3v) is 6.97. The van der Waals surface area contributed by atoms with E-state index >= 15 is 0 Å². The first kappa shape index (κ1) is 28.7. The van der Waals surface area contributed by atoms with Crippen LogP contribution in [0.25, 0.3) is 0 Å². The van der Waals surface area contributed by atoms with Crippen molar-refractivity contribution < 1.29 is 19.1 Å². The van der Waals surface area contributed by atoms with Crippen LogP contribution in [0.15, 0.2) is 91.0 Å². The molecular weight excluding hydrogens is 546 g/mol. The van der Waals surface area contributed by atoms with Crippen LogP contribution in [0, 0.1) is 3.95 Å². The molecule has 206 valence electrons. The molecule has 0 aliphatic rings. The predicted molar refractivity (Wildman–Crippen MR) is 156 cm³/mol. The van der Waals surface area contributed by atoms with Crippen LogP contribution in [0.4, 0.5) is 9.93 Å². The highest BCUT2D eigenvalue weighted by atomic mass is 32.1. The first-order chi connectivity index (χ1) is 19.5. The fraction of sp³-hybridized carbons (Fsp3) is 0.207. The van der Waals surface area contributed by atoms with Gasteiger partial charge in [0.25, 0.3) is 0 Å². The lowest BCUT2D eigenvalue weighted by Crippen LogP contribution is -2.53. The first-order valence-corrected chi connectivity index (χ1v) is 13.9. The molecule has 0 unspecified atom stereocenters. The molecule has 0 aliphatic heterocycles. The number of aromatic amines is 1. The summed E-state index contributed by atoms with van der Waals surface area (Å²) >= 11 is 6.17. The van der Waals surface area contributed by atoms with Gasteiger partial charge >= 0.3 is 6.09 Å². The summed E-state index contributed by atoms with van der Waals surface area (Å²) in [6, 6.07) is 26.3. The Morgan fingerprint density at radius 1 is 0.800 bits per heavy atom. The third-order valence-electron chi connectivity index (χ3n) is 5.97. The van der Waals surface area contributed by atoms with E-state index < -0.39 is 30.0 Å². The number of H-pyrrole nitrogens is 1. The topological polar surface area (TPSA) is 125 Å². The van der Waals surface area contributed by atoms with E-state index in [0.717, 1.165) is 28.0 Å². The molecule has 4 rings (SSSR count). The van der Waals surface area contributed by atoms with Crippen LogP contribution in [0.1, 0.15) is 23.1 Å². The number of ether oxygens (including phenoxy) is 1. The van der Waals surface area contributed by atoms with Gasteiger partial charge in [-0.3, -0.25) is 20.0 Å². The van der Waals surface area contributed by atoms with Crippen molar-refractivity contribution in [2.45, 2.75) is 38.0 Å². The summed E-state index contributed by atoms with van der Waals surface area (Å²) < 4.78 is 5.77. The number of amides is 3. The van der Waals surface area contributed by atoms with Crippen LogP contribution >= 0.6 is 23.6 Å². The maximum Gasteiger partial charge on any atom is 0.408 e. The van der Waals surface area contributed by atoms with Gasteiger partial charge < -0.3 is 15.4 Å². The van der Waals surface area contributed by atoms with Gasteiger partial charge in [-0.1, -0.05) is 102 Å². The number of hydrogen-bond donors (Lipinski definition) is 4. The molecule has 3 amide bonds. The molecule has 9 nitrogen and oxygen atoms in total. The Balaban J connectivity index is 1.47. The third kappa shape index (κ3) is 9.14. The number of anilines is 1. The van der Waals surface area contributed by atoms with Crippen LogP contribution in [-0.2, 0) is 33.8 Å². The highest BCUT2D eigenvalue weighted by Gasteiger charge is 2.28. The summed E-state index contributed by atoms with van der Waals surface area (Å²) in [6.07, 6.45) is 0.349. The SMILES string of the molecule is O=C(N[C@@H](Cc1ccccc1)C(=O)N[C@@H](CCc1ccccc1)C(=O)Nc1n[nH]c(=S)s1)OCc1ccccc1. The van der Waals surface area contributed by atoms with E-state index in [1.807, 2.05) is 91.0 Å². The standard InChI is InChI=1S/C29H29N5O4S2/c35-25(32-27-33-34-29(39)40-27)23(17-16-20-10-4-1-5-11-20)30-26(36)24(18-21-12-6-2-7-13-21)31-28(37)38-19-22-14-8-3-9-15-22/h1-15,23-24H,16-19H2,(H,30,36)(H,31,37)(H,34,39)(H,32,33,35)/t23-,24-/m0/s1. The van der Waals surface area contributed by atoms with Crippen molar-refractivity contribution in [1.82, 2.24) is 20.8 Å². The van der Waals surface area contributed by atoms with Crippen molar-refractivity contribution >= 4 is 46.6 Å². The molecule has 0 bridgehead atoms. The minimum absolute atomic E-state index is 0.0597. The van der Waals surface area contributed by atoms with Gasteiger partial charge in [-0.2, -0.15) is 0 Å². The lowest BCUT2D eigenvalue weighted by molar-refractivity contribution is -0.128. The summed E-state index contributed by atoms with van der Waals surface area (Å²) in [5.41, 5.74) is 2.68. The Morgan fingerprint density at radius 3 is 2.00 bits per heavy atom. The van der Waals surface area contributed by atoms with Crippen molar-refractivity contribution in [2.75, 3.05) is 5.32 Å². The van der Waals surface area contributed by atoms with E-state index in [0.29, 0.717) is 21.9 Å². The molecule has 1 aromatic heterocycles. The normalized spacial score (nSPS) is 12.1. The van der Waals surface area contributed by atoms with Crippen LogP contribution in [0.2, 0.25) is 0 Å². The van der Waals surface area contributed by atoms with Crippen molar-refractivity contribution in [3.8, 4) is 0 Å². The van der Waals surface area contributed by atoms with Gasteiger partial charge in [-0.05, 0) is 41.7 Å². The Bertz CT molecular complexity index is 1450. The molecular formula is C29H29N5O4S2. The molecule has 4 N–H and O–H groups in total. The van der Waals surface area contributed by atoms with Gasteiger partial charge in [0.15, 0.2) is 3.95 Å². The Labute approximate surface area is 241 Å². The molecule has 0 fully saturated rings. The lowest BCUT2D eigenvalue weighted by atomic mass is 10.0. The molecule has 11 heteroatoms. The molecule has 0 saturated carbocycles. The Morgan fingerprint density at radius 2 is 1.40 bits per heavy atom. The smallest absolute Gasteiger partial charge is 0.408 e. The highest BCUT2D eigenvalue weighted by Crippen LogP contribution is 2.14. The monoisotopic (exact) mass is 575 g/mol. The number of benzene rings is 3. The number of nitrogens with one attached hydrogen (secondary N) is 4. The number of alkyl carbamates (subject to hydrolysis) is 1. The Kier molecular flexibility index (Phi) is 10.5. The average molecular weight is 576 g/mol. The van der Waals surface area contributed by atoms with Gasteiger partial charge in [0.2, 0.25) is 16.9 Å². The molecule has 0 radical (unpaired) electrons. The first-order valence-electron chi connectivity index (χ1n) is 12.7. The lowest BCUT2D eigenvalue weighted by Gasteiger charge is -2.23. The molecule has 0 aliphatic carbocycles. The van der Waals surface area contributed by atoms with Crippen LogP contribution < -0.4 is 16.0 Å². The van der Waals surface area contributed by atoms with Crippen molar-refractivity contribution in [1.29, 1.82) is 0 Å². The molecule has 3 aromatic carbocycles. The molecule has 4 aromatic rings. The van der Waals surface area contributed by atoms with Gasteiger partial charge in [0.1, 0.15) is 18.7 Å². The largest absolute Gasteiger partial charge is 0.445 e. The van der Waals surface area contributed by atoms with E-state index in [1.54, 1.807) is 0 Å². The maximum absolute atomic E-state index is 13.5. The minimum Gasteiger partial charge on any atom is -0.445 e. The van der Waals surface area contributed by atoms with E-state index in [1.165, 1.54) is 0 Å². The number of aryl methyl sites for hydroxylation is 1. The zero-order valence-corrected chi connectivity index (χ0v) is 23.2. The fourth-order valence-electron chi connectivity index (χ4n) is 3.94. The molecule has 1 heterocycles. The van der Waals surface area contributed by atoms with Crippen LogP contribution in [0.5, 0.6) is 0 Å². The van der Waals surface area contributed by atoms with Crippen LogP contribution in [0.3, 0.4) is 0 Å². The van der Waals surface area contributed by atoms with Gasteiger partial charge in [0, 0.05) is 6.42 Å². The molecule has 0 saturated heterocycles. The van der Waals surface area contributed by atoms with Crippen molar-refractivity contribution in [2.24, 2.45) is 0 Å². The predicted octanol–water partition coefficient (Wildman–Crippen LogP) is 4.79. The second-order valence-corrected chi connectivity index (χ2v) is 10.6. The van der Waals surface area contributed by atoms with Crippen LogP contribution in [-0.4, -0.2) is 40.2 Å². The summed E-state index contributed by atoms with van der Waals surface area (Å²) in [6.45, 7) is 0.0597. The van der Waals surface area contributed by atoms with Crippen molar-refractivity contribution in [3.05, 3.63) is 112 Å². The number of carbonyl (C=O) groups is 3. The van der Waals surface area contributed by atoms with Gasteiger partial charge in [-0.25, -0.2) is 4.79 Å². The number of aromatic nitrogens is 2. The molecule has 0 spiro atoms. The second kappa shape index (κ2) is 14.7. The molecule has 2 atom stereocenters. The van der Waals surface area contributed by atoms with E-state index in [2.05, 4.69) is 26.1 Å². The maximum atomic E-state index is 13.5. The number of carbonyl (C=O) groups excluding carboxylic acids is 3. The summed E-state index contributed by atoms with van der Waals surface area (Å²) in [5.74, 6) is -0.949. The summed E-state index contributed by atoms with van der Waals surface area (Å²) in [4.78, 5) is 39.4. The van der Waals surface area contributed by atoms with Crippen molar-refractivity contribution in [3.63, 3.8) is 0 Å². The fourth-order valence-corrected chi connectivity index (χ4v) is 4.73. The summed E-state index contributed by atoms with van der Waals surface area (Å²) in [7, 11) is 0. The van der Waals surface area contributed by atoms with Gasteiger partial charge in [-0.15, -0.1) is 5.10 Å². The summed E-state index contributed by atoms with van der Waals surface area (Å²) in [5, 5.41) is 15.1. The van der Waals surface area contributed by atoms with E-state index in [-0.39, 0.29) is 13.0 Å². The number of hydrogen-bond acceptors (Lipinski definition) is 7. The van der Waals surface area contributed by atoms with Gasteiger partial charge in [0.05, 0.1) is 0 Å². The average Bonchev–Trinajstić information content (AvgIpc) is 3.39. The van der Waals surface area contributed by atoms with E-state index in [9.17, 15) is 14.4 Å². The zero-order chi connectivity index (χ0) is 28.2. The second-order valence-electron chi connectivity index (χ2n) is 8.94. The quantitative estimate of drug-likeness (QED) is 0.180. The number of nitrogens with zero attached hydrogens (tertiary/aromatic N) is 1. The molecule has 40 heavy (non-hydrogen) atoms. The Hall–Kier alpha value is -4.35. The minimum atomic E-state index is -0.981. The number of rotatable bonds is 12. The zero-order valence-electron chi connectivity index (χ0n) is 21.5. The van der Waals surface area contributed by atoms with E-state index in [4.69, 9.17) is 17.0 Å².